The second-order valence-corrected chi connectivity index (χ2v) is 5.98. The van der Waals surface area contributed by atoms with Crippen molar-refractivity contribution in [3.05, 3.63) is 42.6 Å². The van der Waals surface area contributed by atoms with E-state index in [2.05, 4.69) is 28.6 Å². The van der Waals surface area contributed by atoms with Crippen LogP contribution >= 0.6 is 0 Å². The Bertz CT molecular complexity index is 612. The highest BCUT2D eigenvalue weighted by molar-refractivity contribution is 5.52. The van der Waals surface area contributed by atoms with E-state index in [0.717, 1.165) is 36.4 Å². The standard InChI is InChI=1S/C15H19N3O.C3H7N/c1-3-15(8-4-5-9-15)14-17-13(18-19-14)12-7-6-11(2)16-10-12;1-2-3-4/h6-7,10H,3-5,8-9H2,1-2H3;2H,1,3-4H2. The molecule has 2 aromatic heterocycles. The van der Waals surface area contributed by atoms with Gasteiger partial charge in [-0.15, -0.1) is 6.58 Å². The minimum Gasteiger partial charge on any atom is -0.338 e. The number of nitrogens with zero attached hydrogens (tertiary/aromatic N) is 3. The van der Waals surface area contributed by atoms with Crippen molar-refractivity contribution in [2.24, 2.45) is 5.73 Å². The van der Waals surface area contributed by atoms with Gasteiger partial charge in [0.2, 0.25) is 11.7 Å². The summed E-state index contributed by atoms with van der Waals surface area (Å²) in [5, 5.41) is 4.13. The first-order valence-electron chi connectivity index (χ1n) is 8.23. The molecule has 0 unspecified atom stereocenters. The normalized spacial score (nSPS) is 15.8. The summed E-state index contributed by atoms with van der Waals surface area (Å²) >= 11 is 0. The lowest BCUT2D eigenvalue weighted by molar-refractivity contribution is 0.273. The highest BCUT2D eigenvalue weighted by Crippen LogP contribution is 2.43. The van der Waals surface area contributed by atoms with Crippen LogP contribution in [-0.2, 0) is 5.41 Å². The summed E-state index contributed by atoms with van der Waals surface area (Å²) in [6.07, 6.45) is 9.38. The van der Waals surface area contributed by atoms with E-state index in [-0.39, 0.29) is 5.41 Å². The number of hydrogen-bond donors (Lipinski definition) is 1. The predicted octanol–water partition coefficient (Wildman–Crippen LogP) is 3.79. The smallest absolute Gasteiger partial charge is 0.233 e. The molecule has 2 heterocycles. The van der Waals surface area contributed by atoms with E-state index in [1.165, 1.54) is 12.8 Å². The van der Waals surface area contributed by atoms with Crippen LogP contribution in [0.1, 0.15) is 50.6 Å². The Hall–Kier alpha value is -2.01. The summed E-state index contributed by atoms with van der Waals surface area (Å²) in [7, 11) is 0. The van der Waals surface area contributed by atoms with E-state index < -0.39 is 0 Å². The third-order valence-corrected chi connectivity index (χ3v) is 4.45. The summed E-state index contributed by atoms with van der Waals surface area (Å²) in [6.45, 7) is 8.12. The zero-order chi connectivity index (χ0) is 16.7. The van der Waals surface area contributed by atoms with Crippen molar-refractivity contribution in [3.63, 3.8) is 0 Å². The van der Waals surface area contributed by atoms with Gasteiger partial charge in [0.25, 0.3) is 0 Å². The van der Waals surface area contributed by atoms with Crippen LogP contribution in [0.5, 0.6) is 0 Å². The van der Waals surface area contributed by atoms with Crippen LogP contribution < -0.4 is 5.73 Å². The number of aromatic nitrogens is 3. The maximum Gasteiger partial charge on any atom is 0.233 e. The largest absolute Gasteiger partial charge is 0.338 e. The second-order valence-electron chi connectivity index (χ2n) is 5.98. The van der Waals surface area contributed by atoms with Gasteiger partial charge in [-0.1, -0.05) is 31.0 Å². The average molecular weight is 314 g/mol. The third kappa shape index (κ3) is 4.05. The fourth-order valence-electron chi connectivity index (χ4n) is 2.93. The Balaban J connectivity index is 0.000000433. The Morgan fingerprint density at radius 1 is 1.35 bits per heavy atom. The molecule has 3 rings (SSSR count). The Morgan fingerprint density at radius 3 is 2.57 bits per heavy atom. The summed E-state index contributed by atoms with van der Waals surface area (Å²) in [5.74, 6) is 1.46. The van der Waals surface area contributed by atoms with Crippen LogP contribution in [0.3, 0.4) is 0 Å². The summed E-state index contributed by atoms with van der Waals surface area (Å²) in [4.78, 5) is 8.90. The van der Waals surface area contributed by atoms with Crippen molar-refractivity contribution in [2.45, 2.75) is 51.4 Å². The Labute approximate surface area is 138 Å². The first-order valence-corrected chi connectivity index (χ1v) is 8.23. The lowest BCUT2D eigenvalue weighted by Gasteiger charge is -2.21. The molecule has 1 aliphatic carbocycles. The van der Waals surface area contributed by atoms with E-state index >= 15 is 0 Å². The second kappa shape index (κ2) is 8.02. The van der Waals surface area contributed by atoms with Crippen molar-refractivity contribution < 1.29 is 4.52 Å². The highest BCUT2D eigenvalue weighted by Gasteiger charge is 2.39. The first kappa shape index (κ1) is 17.3. The van der Waals surface area contributed by atoms with Gasteiger partial charge in [0, 0.05) is 29.4 Å². The van der Waals surface area contributed by atoms with Crippen molar-refractivity contribution in [3.8, 4) is 11.4 Å². The molecule has 0 spiro atoms. The molecule has 5 nitrogen and oxygen atoms in total. The number of aryl methyl sites for hydroxylation is 1. The van der Waals surface area contributed by atoms with Gasteiger partial charge in [-0.2, -0.15) is 4.98 Å². The molecule has 1 aliphatic rings. The number of nitrogens with two attached hydrogens (primary N) is 1. The van der Waals surface area contributed by atoms with Gasteiger partial charge in [0.1, 0.15) is 0 Å². The zero-order valence-corrected chi connectivity index (χ0v) is 14.1. The number of rotatable bonds is 4. The molecule has 0 amide bonds. The third-order valence-electron chi connectivity index (χ3n) is 4.45. The number of pyridine rings is 1. The molecule has 2 aromatic rings. The van der Waals surface area contributed by atoms with E-state index in [4.69, 9.17) is 10.3 Å². The maximum absolute atomic E-state index is 5.54. The van der Waals surface area contributed by atoms with Crippen LogP contribution in [0.2, 0.25) is 0 Å². The van der Waals surface area contributed by atoms with Gasteiger partial charge in [0.05, 0.1) is 0 Å². The predicted molar refractivity (Wildman–Crippen MR) is 92.0 cm³/mol. The highest BCUT2D eigenvalue weighted by atomic mass is 16.5. The van der Waals surface area contributed by atoms with Crippen molar-refractivity contribution in [1.82, 2.24) is 15.1 Å². The molecular weight excluding hydrogens is 288 g/mol. The molecule has 124 valence electrons. The lowest BCUT2D eigenvalue weighted by Crippen LogP contribution is -2.21. The fraction of sp³-hybridized carbons (Fsp3) is 0.500. The van der Waals surface area contributed by atoms with Gasteiger partial charge < -0.3 is 10.3 Å². The molecule has 23 heavy (non-hydrogen) atoms. The van der Waals surface area contributed by atoms with Crippen molar-refractivity contribution >= 4 is 0 Å². The van der Waals surface area contributed by atoms with Gasteiger partial charge in [-0.25, -0.2) is 0 Å². The molecule has 0 aromatic carbocycles. The molecular formula is C18H26N4O. The first-order chi connectivity index (χ1) is 11.1. The van der Waals surface area contributed by atoms with Crippen LogP contribution in [0.25, 0.3) is 11.4 Å². The van der Waals surface area contributed by atoms with Crippen LogP contribution in [0.15, 0.2) is 35.5 Å². The molecule has 0 radical (unpaired) electrons. The zero-order valence-electron chi connectivity index (χ0n) is 14.1. The van der Waals surface area contributed by atoms with Crippen LogP contribution in [-0.4, -0.2) is 21.7 Å². The fourth-order valence-corrected chi connectivity index (χ4v) is 2.93. The summed E-state index contributed by atoms with van der Waals surface area (Å²) in [6, 6.07) is 3.96. The molecule has 2 N–H and O–H groups in total. The van der Waals surface area contributed by atoms with Gasteiger partial charge in [0.15, 0.2) is 0 Å². The van der Waals surface area contributed by atoms with E-state index in [1.807, 2.05) is 19.1 Å². The Kier molecular flexibility index (Phi) is 6.04. The maximum atomic E-state index is 5.54. The van der Waals surface area contributed by atoms with Crippen LogP contribution in [0, 0.1) is 6.92 Å². The monoisotopic (exact) mass is 314 g/mol. The summed E-state index contributed by atoms with van der Waals surface area (Å²) in [5.41, 5.74) is 6.94. The topological polar surface area (TPSA) is 77.8 Å². The Morgan fingerprint density at radius 2 is 2.04 bits per heavy atom. The van der Waals surface area contributed by atoms with Crippen LogP contribution in [0.4, 0.5) is 0 Å². The summed E-state index contributed by atoms with van der Waals surface area (Å²) < 4.78 is 5.54. The lowest BCUT2D eigenvalue weighted by atomic mass is 9.83. The average Bonchev–Trinajstić information content (AvgIpc) is 3.25. The minimum absolute atomic E-state index is 0.114. The molecule has 1 fully saturated rings. The molecule has 0 atom stereocenters. The van der Waals surface area contributed by atoms with Crippen molar-refractivity contribution in [2.75, 3.05) is 6.54 Å². The quantitative estimate of drug-likeness (QED) is 0.869. The molecule has 1 saturated carbocycles. The molecule has 0 saturated heterocycles. The van der Waals surface area contributed by atoms with Gasteiger partial charge in [-0.3, -0.25) is 4.98 Å². The van der Waals surface area contributed by atoms with E-state index in [0.29, 0.717) is 12.4 Å². The number of hydrogen-bond acceptors (Lipinski definition) is 5. The van der Waals surface area contributed by atoms with E-state index in [9.17, 15) is 0 Å². The molecule has 5 heteroatoms. The minimum atomic E-state index is 0.114. The molecule has 0 aliphatic heterocycles. The van der Waals surface area contributed by atoms with Gasteiger partial charge in [-0.05, 0) is 38.3 Å². The van der Waals surface area contributed by atoms with E-state index in [1.54, 1.807) is 12.3 Å². The molecule has 0 bridgehead atoms. The SMILES string of the molecule is C=CCN.CCC1(c2nc(-c3ccc(C)nc3)no2)CCCC1. The van der Waals surface area contributed by atoms with Gasteiger partial charge >= 0.3 is 0 Å². The van der Waals surface area contributed by atoms with Crippen molar-refractivity contribution in [1.29, 1.82) is 0 Å².